The van der Waals surface area contributed by atoms with E-state index in [-0.39, 0.29) is 58.7 Å². The molecule has 1 aromatic heterocycles. The van der Waals surface area contributed by atoms with E-state index in [1.807, 2.05) is 43.5 Å². The number of carboxylic acids is 1. The van der Waals surface area contributed by atoms with E-state index >= 15 is 0 Å². The van der Waals surface area contributed by atoms with Crippen molar-refractivity contribution in [1.82, 2.24) is 4.98 Å². The summed E-state index contributed by atoms with van der Waals surface area (Å²) >= 11 is 4.86. The normalized spacial score (nSPS) is 13.4. The molecule has 0 radical (unpaired) electrons. The molecular formula is C16H19BrKNO3S. The summed E-state index contributed by atoms with van der Waals surface area (Å²) < 4.78 is 6.89. The first-order valence-corrected chi connectivity index (χ1v) is 8.67. The van der Waals surface area contributed by atoms with Crippen LogP contribution in [-0.2, 0) is 9.53 Å². The van der Waals surface area contributed by atoms with Crippen LogP contribution in [0.4, 0.5) is 0 Å². The Hall–Kier alpha value is 0.396. The fraction of sp³-hybridized carbons (Fsp3) is 0.375. The molecule has 0 aliphatic heterocycles. The molecule has 0 amide bonds. The molecule has 1 aromatic carbocycles. The molecule has 1 heterocycles. The van der Waals surface area contributed by atoms with E-state index in [0.717, 1.165) is 15.0 Å². The topological polar surface area (TPSA) is 59.4 Å². The maximum Gasteiger partial charge on any atom is 1.00 e. The van der Waals surface area contributed by atoms with Gasteiger partial charge >= 0.3 is 57.4 Å². The second kappa shape index (κ2) is 10.4. The molecule has 0 spiro atoms. The fourth-order valence-electron chi connectivity index (χ4n) is 2.09. The van der Waals surface area contributed by atoms with Crippen molar-refractivity contribution in [2.75, 3.05) is 0 Å². The first-order valence-electron chi connectivity index (χ1n) is 7.00. The van der Waals surface area contributed by atoms with Crippen LogP contribution in [0, 0.1) is 5.92 Å². The van der Waals surface area contributed by atoms with Gasteiger partial charge in [0.05, 0.1) is 0 Å². The molecule has 4 nitrogen and oxygen atoms in total. The monoisotopic (exact) mass is 423 g/mol. The van der Waals surface area contributed by atoms with Crippen molar-refractivity contribution in [3.8, 4) is 0 Å². The average Bonchev–Trinajstić information content (AvgIpc) is 2.98. The number of aliphatic carboxylic acids is 1. The van der Waals surface area contributed by atoms with Crippen LogP contribution in [-0.4, -0.2) is 22.2 Å². The van der Waals surface area contributed by atoms with Crippen molar-refractivity contribution < 1.29 is 67.4 Å². The molecule has 0 bridgehead atoms. The fourth-order valence-corrected chi connectivity index (χ4v) is 3.05. The maximum absolute atomic E-state index is 11.5. The van der Waals surface area contributed by atoms with Crippen LogP contribution in [0.15, 0.2) is 40.3 Å². The molecule has 23 heavy (non-hydrogen) atoms. The molecule has 0 aliphatic carbocycles. The smallest absolute Gasteiger partial charge is 1.00 e. The molecule has 120 valence electrons. The van der Waals surface area contributed by atoms with Gasteiger partial charge in [0, 0.05) is 16.0 Å². The molecule has 2 rings (SSSR count). The standard InChI is InChI=1S/C16H18BrNO3S.K.H/c1-10(2)9-13(16(19)20)21-14(15-18-7-8-22-15)11-3-5-12(17)6-4-11;;/h3-8,10,13-14H,9H2,1-2H3,(H,19,20);;/q;+1;-1. The summed E-state index contributed by atoms with van der Waals surface area (Å²) in [6.07, 6.45) is 0.853. The summed E-state index contributed by atoms with van der Waals surface area (Å²) in [5.41, 5.74) is 0.896. The Labute approximate surface area is 192 Å². The minimum Gasteiger partial charge on any atom is -1.00 e. The van der Waals surface area contributed by atoms with E-state index in [0.29, 0.717) is 6.42 Å². The third-order valence-corrected chi connectivity index (χ3v) is 4.46. The molecule has 2 atom stereocenters. The predicted molar refractivity (Wildman–Crippen MR) is 91.2 cm³/mol. The quantitative estimate of drug-likeness (QED) is 0.687. The summed E-state index contributed by atoms with van der Waals surface area (Å²) in [6, 6.07) is 7.67. The number of thiazole rings is 1. The largest absolute Gasteiger partial charge is 1.00 e. The van der Waals surface area contributed by atoms with Crippen molar-refractivity contribution in [2.45, 2.75) is 32.5 Å². The van der Waals surface area contributed by atoms with Gasteiger partial charge in [-0.25, -0.2) is 9.78 Å². The van der Waals surface area contributed by atoms with Gasteiger partial charge in [0.15, 0.2) is 6.10 Å². The van der Waals surface area contributed by atoms with Gasteiger partial charge in [-0.1, -0.05) is 41.9 Å². The van der Waals surface area contributed by atoms with Crippen molar-refractivity contribution in [3.63, 3.8) is 0 Å². The summed E-state index contributed by atoms with van der Waals surface area (Å²) in [5.74, 6) is -0.699. The molecule has 0 fully saturated rings. The number of nitrogens with zero attached hydrogens (tertiary/aromatic N) is 1. The first kappa shape index (κ1) is 21.4. The minimum absolute atomic E-state index is 0. The number of rotatable bonds is 7. The number of halogens is 1. The minimum atomic E-state index is -0.938. The van der Waals surface area contributed by atoms with E-state index in [1.54, 1.807) is 6.20 Å². The number of aromatic nitrogens is 1. The molecule has 0 saturated heterocycles. The number of ether oxygens (including phenoxy) is 1. The van der Waals surface area contributed by atoms with Gasteiger partial charge in [0.25, 0.3) is 0 Å². The SMILES string of the molecule is CC(C)CC(OC(c1ccc(Br)cc1)c1nccs1)C(=O)O.[H-].[K+]. The Bertz CT molecular complexity index is 610. The zero-order chi connectivity index (χ0) is 16.1. The van der Waals surface area contributed by atoms with Gasteiger partial charge in [0.2, 0.25) is 0 Å². The van der Waals surface area contributed by atoms with E-state index < -0.39 is 18.2 Å². The molecule has 0 saturated carbocycles. The van der Waals surface area contributed by atoms with Crippen LogP contribution in [0.25, 0.3) is 0 Å². The summed E-state index contributed by atoms with van der Waals surface area (Å²) in [6.45, 7) is 3.97. The number of carbonyl (C=O) groups is 1. The van der Waals surface area contributed by atoms with E-state index in [1.165, 1.54) is 11.3 Å². The van der Waals surface area contributed by atoms with Crippen molar-refractivity contribution >= 4 is 33.2 Å². The third kappa shape index (κ3) is 6.66. The third-order valence-electron chi connectivity index (χ3n) is 3.11. The molecule has 7 heteroatoms. The van der Waals surface area contributed by atoms with Crippen LogP contribution >= 0.6 is 27.3 Å². The van der Waals surface area contributed by atoms with Gasteiger partial charge in [0.1, 0.15) is 11.1 Å². The summed E-state index contributed by atoms with van der Waals surface area (Å²) in [7, 11) is 0. The Morgan fingerprint density at radius 2 is 2.04 bits per heavy atom. The Balaban J connectivity index is 0.00000264. The Morgan fingerprint density at radius 1 is 1.39 bits per heavy atom. The average molecular weight is 424 g/mol. The van der Waals surface area contributed by atoms with Crippen LogP contribution in [0.1, 0.15) is 38.4 Å². The second-order valence-electron chi connectivity index (χ2n) is 5.39. The molecule has 0 aliphatic rings. The van der Waals surface area contributed by atoms with Gasteiger partial charge in [-0.2, -0.15) is 0 Å². The zero-order valence-corrected chi connectivity index (χ0v) is 18.9. The molecular weight excluding hydrogens is 405 g/mol. The number of carboxylic acid groups (broad SMARTS) is 1. The van der Waals surface area contributed by atoms with Crippen LogP contribution in [0.2, 0.25) is 0 Å². The Kier molecular flexibility index (Phi) is 9.70. The van der Waals surface area contributed by atoms with Gasteiger partial charge < -0.3 is 11.3 Å². The van der Waals surface area contributed by atoms with Crippen LogP contribution < -0.4 is 51.4 Å². The van der Waals surface area contributed by atoms with Gasteiger partial charge in [-0.15, -0.1) is 11.3 Å². The van der Waals surface area contributed by atoms with Crippen molar-refractivity contribution in [2.24, 2.45) is 5.92 Å². The molecule has 2 aromatic rings. The predicted octanol–water partition coefficient (Wildman–Crippen LogP) is 1.63. The first-order chi connectivity index (χ1) is 10.5. The van der Waals surface area contributed by atoms with E-state index in [9.17, 15) is 9.90 Å². The van der Waals surface area contributed by atoms with Crippen molar-refractivity contribution in [3.05, 3.63) is 50.9 Å². The van der Waals surface area contributed by atoms with Crippen LogP contribution in [0.5, 0.6) is 0 Å². The van der Waals surface area contributed by atoms with Gasteiger partial charge in [-0.05, 0) is 30.0 Å². The number of benzene rings is 1. The molecule has 1 N–H and O–H groups in total. The molecule has 2 unspecified atom stereocenters. The van der Waals surface area contributed by atoms with E-state index in [4.69, 9.17) is 4.74 Å². The summed E-state index contributed by atoms with van der Waals surface area (Å²) in [4.78, 5) is 15.8. The van der Waals surface area contributed by atoms with Crippen LogP contribution in [0.3, 0.4) is 0 Å². The Morgan fingerprint density at radius 3 is 2.52 bits per heavy atom. The van der Waals surface area contributed by atoms with E-state index in [2.05, 4.69) is 20.9 Å². The maximum atomic E-state index is 11.5. The zero-order valence-electron chi connectivity index (χ0n) is 14.4. The second-order valence-corrected chi connectivity index (χ2v) is 7.24. The van der Waals surface area contributed by atoms with Crippen molar-refractivity contribution in [1.29, 1.82) is 0 Å². The summed E-state index contributed by atoms with van der Waals surface area (Å²) in [5, 5.41) is 12.0. The number of hydrogen-bond donors (Lipinski definition) is 1. The number of hydrogen-bond acceptors (Lipinski definition) is 4. The van der Waals surface area contributed by atoms with Gasteiger partial charge in [-0.3, -0.25) is 0 Å².